The first-order valence-electron chi connectivity index (χ1n) is 30.1. The molecule has 0 amide bonds. The Bertz CT molecular complexity index is 1200. The summed E-state index contributed by atoms with van der Waals surface area (Å²) in [5.41, 5.74) is 0. The maximum Gasteiger partial charge on any atom is 0.306 e. The molecule has 0 aromatic rings. The normalized spacial score (nSPS) is 12.3. The summed E-state index contributed by atoms with van der Waals surface area (Å²) in [7, 11) is 0. The summed E-state index contributed by atoms with van der Waals surface area (Å²) in [5.74, 6) is -0.875. The lowest BCUT2D eigenvalue weighted by atomic mass is 10.0. The number of allylic oxidation sites excluding steroid dienone is 8. The molecule has 0 aliphatic carbocycles. The largest absolute Gasteiger partial charge is 0.462 e. The van der Waals surface area contributed by atoms with Crippen LogP contribution in [-0.4, -0.2) is 37.2 Å². The maximum atomic E-state index is 12.8. The Kier molecular flexibility index (Phi) is 55.7. The number of carbonyl (C=O) groups is 3. The Morgan fingerprint density at radius 2 is 0.522 bits per heavy atom. The van der Waals surface area contributed by atoms with Crippen LogP contribution in [0.3, 0.4) is 0 Å². The summed E-state index contributed by atoms with van der Waals surface area (Å²) in [6.45, 7) is 6.59. The van der Waals surface area contributed by atoms with E-state index in [1.807, 2.05) is 0 Å². The molecule has 0 saturated carbocycles. The number of hydrogen-bond donors (Lipinski definition) is 0. The molecule has 402 valence electrons. The van der Waals surface area contributed by atoms with Crippen LogP contribution >= 0.6 is 0 Å². The molecule has 69 heavy (non-hydrogen) atoms. The third-order valence-corrected chi connectivity index (χ3v) is 13.3. The highest BCUT2D eigenvalue weighted by molar-refractivity contribution is 5.71. The maximum absolute atomic E-state index is 12.8. The number of hydrogen-bond acceptors (Lipinski definition) is 6. The minimum absolute atomic E-state index is 0.0736. The lowest BCUT2D eigenvalue weighted by molar-refractivity contribution is -0.167. The van der Waals surface area contributed by atoms with E-state index in [4.69, 9.17) is 14.2 Å². The first kappa shape index (κ1) is 66.4. The van der Waals surface area contributed by atoms with Gasteiger partial charge < -0.3 is 14.2 Å². The summed E-state index contributed by atoms with van der Waals surface area (Å²) in [4.78, 5) is 38.0. The van der Waals surface area contributed by atoms with Crippen molar-refractivity contribution in [2.24, 2.45) is 0 Å². The van der Waals surface area contributed by atoms with Crippen molar-refractivity contribution in [1.82, 2.24) is 0 Å². The average molecular weight is 968 g/mol. The first-order chi connectivity index (χ1) is 34.0. The highest BCUT2D eigenvalue weighted by Gasteiger charge is 2.19. The Morgan fingerprint density at radius 1 is 0.290 bits per heavy atom. The molecule has 0 bridgehead atoms. The molecule has 6 nitrogen and oxygen atoms in total. The summed E-state index contributed by atoms with van der Waals surface area (Å²) in [5, 5.41) is 0. The van der Waals surface area contributed by atoms with Crippen LogP contribution in [0.5, 0.6) is 0 Å². The van der Waals surface area contributed by atoms with Crippen LogP contribution in [-0.2, 0) is 28.6 Å². The number of ether oxygens (including phenoxy) is 3. The second kappa shape index (κ2) is 57.9. The number of unbranched alkanes of at least 4 members (excludes halogenated alkanes) is 36. The Labute approximate surface area is 428 Å². The fourth-order valence-electron chi connectivity index (χ4n) is 8.74. The van der Waals surface area contributed by atoms with Gasteiger partial charge in [0.2, 0.25) is 0 Å². The standard InChI is InChI=1S/C63H114O6/c1-4-7-10-13-16-18-20-22-24-26-27-28-29-30-31-32-33-34-35-37-38-40-42-44-47-50-53-56-62(65)68-59-60(58-67-61(64)55-52-49-46-15-12-9-6-3)69-63(66)57-54-51-48-45-43-41-39-36-25-23-21-19-17-14-11-8-5-2/h17,19-20,22-23,25-27,60H,4-16,18,21,24,28-59H2,1-3H3/b19-17-,22-20-,25-23-,27-26-. The Morgan fingerprint density at radius 3 is 0.826 bits per heavy atom. The highest BCUT2D eigenvalue weighted by atomic mass is 16.6. The zero-order valence-corrected chi connectivity index (χ0v) is 46.1. The van der Waals surface area contributed by atoms with Gasteiger partial charge in [-0.3, -0.25) is 14.4 Å². The van der Waals surface area contributed by atoms with Crippen LogP contribution in [0.25, 0.3) is 0 Å². The quantitative estimate of drug-likeness (QED) is 0.0262. The van der Waals surface area contributed by atoms with Crippen LogP contribution in [0.4, 0.5) is 0 Å². The van der Waals surface area contributed by atoms with E-state index >= 15 is 0 Å². The predicted octanol–water partition coefficient (Wildman–Crippen LogP) is 20.2. The van der Waals surface area contributed by atoms with Gasteiger partial charge in [0.1, 0.15) is 13.2 Å². The number of esters is 3. The van der Waals surface area contributed by atoms with Crippen molar-refractivity contribution in [2.45, 2.75) is 322 Å². The second-order valence-corrected chi connectivity index (χ2v) is 20.3. The number of carbonyl (C=O) groups excluding carboxylic acids is 3. The van der Waals surface area contributed by atoms with Gasteiger partial charge in [0, 0.05) is 19.3 Å². The first-order valence-corrected chi connectivity index (χ1v) is 30.1. The Hall–Kier alpha value is -2.63. The van der Waals surface area contributed by atoms with Gasteiger partial charge in [-0.1, -0.05) is 262 Å². The summed E-state index contributed by atoms with van der Waals surface area (Å²) < 4.78 is 16.8. The molecule has 0 spiro atoms. The lowest BCUT2D eigenvalue weighted by Crippen LogP contribution is -2.30. The topological polar surface area (TPSA) is 78.9 Å². The molecular formula is C63H114O6. The smallest absolute Gasteiger partial charge is 0.306 e. The van der Waals surface area contributed by atoms with Crippen LogP contribution in [0.1, 0.15) is 316 Å². The zero-order valence-electron chi connectivity index (χ0n) is 46.1. The summed E-state index contributed by atoms with van der Waals surface area (Å²) >= 11 is 0. The molecular weight excluding hydrogens is 853 g/mol. The molecule has 0 fully saturated rings. The van der Waals surface area contributed by atoms with E-state index in [-0.39, 0.29) is 31.1 Å². The molecule has 0 rings (SSSR count). The van der Waals surface area contributed by atoms with Crippen molar-refractivity contribution in [3.8, 4) is 0 Å². The molecule has 0 aromatic heterocycles. The van der Waals surface area contributed by atoms with Crippen molar-refractivity contribution in [2.75, 3.05) is 13.2 Å². The fraction of sp³-hybridized carbons (Fsp3) is 0.825. The third kappa shape index (κ3) is 56.2. The van der Waals surface area contributed by atoms with Crippen molar-refractivity contribution >= 4 is 17.9 Å². The van der Waals surface area contributed by atoms with E-state index in [1.54, 1.807) is 0 Å². The van der Waals surface area contributed by atoms with Gasteiger partial charge >= 0.3 is 17.9 Å². The molecule has 0 aromatic carbocycles. The van der Waals surface area contributed by atoms with E-state index in [2.05, 4.69) is 69.4 Å². The minimum atomic E-state index is -0.773. The summed E-state index contributed by atoms with van der Waals surface area (Å²) in [6, 6.07) is 0. The average Bonchev–Trinajstić information content (AvgIpc) is 3.35. The number of rotatable bonds is 55. The highest BCUT2D eigenvalue weighted by Crippen LogP contribution is 2.16. The molecule has 6 heteroatoms. The van der Waals surface area contributed by atoms with E-state index in [0.717, 1.165) is 77.0 Å². The van der Waals surface area contributed by atoms with Crippen LogP contribution in [0.2, 0.25) is 0 Å². The van der Waals surface area contributed by atoms with E-state index < -0.39 is 6.10 Å². The molecule has 0 radical (unpaired) electrons. The van der Waals surface area contributed by atoms with Gasteiger partial charge in [-0.15, -0.1) is 0 Å². The van der Waals surface area contributed by atoms with Gasteiger partial charge in [0.15, 0.2) is 6.10 Å². The fourth-order valence-corrected chi connectivity index (χ4v) is 8.74. The van der Waals surface area contributed by atoms with Crippen molar-refractivity contribution in [1.29, 1.82) is 0 Å². The van der Waals surface area contributed by atoms with Gasteiger partial charge in [-0.25, -0.2) is 0 Å². The van der Waals surface area contributed by atoms with E-state index in [0.29, 0.717) is 19.3 Å². The van der Waals surface area contributed by atoms with Crippen molar-refractivity contribution in [3.05, 3.63) is 48.6 Å². The lowest BCUT2D eigenvalue weighted by Gasteiger charge is -2.18. The Balaban J connectivity index is 4.10. The summed E-state index contributed by atoms with van der Waals surface area (Å²) in [6.07, 6.45) is 71.4. The molecule has 1 atom stereocenters. The minimum Gasteiger partial charge on any atom is -0.462 e. The van der Waals surface area contributed by atoms with Crippen LogP contribution in [0.15, 0.2) is 48.6 Å². The zero-order chi connectivity index (χ0) is 50.0. The SMILES string of the molecule is CCCCC/C=C\C/C=C\CCCCCCCCCC(=O)OC(COC(=O)CCCCCCCCC)COC(=O)CCCCCCCCCCCCCCCCC/C=C\C/C=C\CCCCCCC. The second-order valence-electron chi connectivity index (χ2n) is 20.3. The molecule has 1 unspecified atom stereocenters. The predicted molar refractivity (Wildman–Crippen MR) is 298 cm³/mol. The molecule has 0 saturated heterocycles. The molecule has 0 heterocycles. The van der Waals surface area contributed by atoms with E-state index in [1.165, 1.54) is 199 Å². The molecule has 0 aliphatic rings. The van der Waals surface area contributed by atoms with Gasteiger partial charge in [0.25, 0.3) is 0 Å². The van der Waals surface area contributed by atoms with Crippen molar-refractivity contribution < 1.29 is 28.6 Å². The van der Waals surface area contributed by atoms with Crippen LogP contribution in [0, 0.1) is 0 Å². The van der Waals surface area contributed by atoms with Crippen LogP contribution < -0.4 is 0 Å². The monoisotopic (exact) mass is 967 g/mol. The van der Waals surface area contributed by atoms with E-state index in [9.17, 15) is 14.4 Å². The van der Waals surface area contributed by atoms with Gasteiger partial charge in [-0.05, 0) is 83.5 Å². The van der Waals surface area contributed by atoms with Gasteiger partial charge in [-0.2, -0.15) is 0 Å². The van der Waals surface area contributed by atoms with Crippen molar-refractivity contribution in [3.63, 3.8) is 0 Å². The third-order valence-electron chi connectivity index (χ3n) is 13.3. The molecule has 0 aliphatic heterocycles. The molecule has 0 N–H and O–H groups in total. The van der Waals surface area contributed by atoms with Gasteiger partial charge in [0.05, 0.1) is 0 Å².